The van der Waals surface area contributed by atoms with Crippen LogP contribution in [0.15, 0.2) is 34.7 Å². The van der Waals surface area contributed by atoms with Crippen molar-refractivity contribution in [3.63, 3.8) is 0 Å². The van der Waals surface area contributed by atoms with Gasteiger partial charge in [0.25, 0.3) is 0 Å². The number of nitrogens with zero attached hydrogens (tertiary/aromatic N) is 1. The van der Waals surface area contributed by atoms with E-state index in [1.807, 2.05) is 18.2 Å². The fraction of sp³-hybridized carbons (Fsp3) is 0.500. The van der Waals surface area contributed by atoms with Gasteiger partial charge in [0, 0.05) is 18.4 Å². The molecule has 1 amide bonds. The number of furan rings is 1. The first-order valence-corrected chi connectivity index (χ1v) is 11.1. The van der Waals surface area contributed by atoms with Crippen molar-refractivity contribution in [2.24, 2.45) is 0 Å². The highest BCUT2D eigenvalue weighted by Gasteiger charge is 2.37. The number of ether oxygens (including phenoxy) is 2. The number of Topliss-reactive ketones (excluding diaryl/α,β-unsaturated/α-hetero) is 1. The molecule has 0 spiro atoms. The second-order valence-electron chi connectivity index (χ2n) is 8.14. The molecule has 9 nitrogen and oxygen atoms in total. The molecule has 1 N–H and O–H groups in total. The Hall–Kier alpha value is -3.20. The van der Waals surface area contributed by atoms with Gasteiger partial charge in [-0.15, -0.1) is 0 Å². The van der Waals surface area contributed by atoms with Gasteiger partial charge in [0.15, 0.2) is 11.5 Å². The molecule has 1 aromatic carbocycles. The second-order valence-corrected chi connectivity index (χ2v) is 8.14. The number of para-hydroxylation sites is 1. The van der Waals surface area contributed by atoms with E-state index in [-0.39, 0.29) is 23.9 Å². The lowest BCUT2D eigenvalue weighted by molar-refractivity contribution is -0.152. The number of fused-ring (bicyclic) bond motifs is 1. The molecule has 1 aliphatic rings. The van der Waals surface area contributed by atoms with Crippen molar-refractivity contribution >= 4 is 34.6 Å². The molecule has 3 rings (SSSR count). The number of esters is 2. The van der Waals surface area contributed by atoms with Gasteiger partial charge in [-0.1, -0.05) is 18.2 Å². The summed E-state index contributed by atoms with van der Waals surface area (Å²) in [5.74, 6) is -1.12. The minimum Gasteiger partial charge on any atom is -0.468 e. The van der Waals surface area contributed by atoms with Gasteiger partial charge in [-0.3, -0.25) is 19.7 Å². The van der Waals surface area contributed by atoms with E-state index in [2.05, 4.69) is 5.32 Å². The number of benzene rings is 1. The van der Waals surface area contributed by atoms with E-state index in [4.69, 9.17) is 13.9 Å². The third kappa shape index (κ3) is 5.78. The number of carbonyl (C=O) groups excluding carboxylic acids is 4. The Labute approximate surface area is 192 Å². The zero-order valence-electron chi connectivity index (χ0n) is 19.2. The maximum absolute atomic E-state index is 12.9. The average molecular weight is 459 g/mol. The van der Waals surface area contributed by atoms with Gasteiger partial charge < -0.3 is 18.8 Å². The maximum Gasteiger partial charge on any atom is 0.328 e. The molecule has 33 heavy (non-hydrogen) atoms. The lowest BCUT2D eigenvalue weighted by Crippen LogP contribution is -2.53. The Bertz CT molecular complexity index is 982. The highest BCUT2D eigenvalue weighted by atomic mass is 16.5. The first-order valence-electron chi connectivity index (χ1n) is 11.1. The largest absolute Gasteiger partial charge is 0.468 e. The topological polar surface area (TPSA) is 115 Å². The standard InChI is InChI=1S/C24H30N2O7/c1-15(22(28)26-13-7-10-18(26)24(30)32-3)25-17(23(29)31-2)9-6-11-19(27)21-14-16-8-4-5-12-20(16)33-21/h4-5,8,12,14-15,17-18,25H,6-7,9-11,13H2,1-3H3/t15-,17?,18-/m0/s1. The van der Waals surface area contributed by atoms with Crippen LogP contribution >= 0.6 is 0 Å². The molecule has 0 saturated carbocycles. The highest BCUT2D eigenvalue weighted by Crippen LogP contribution is 2.22. The summed E-state index contributed by atoms with van der Waals surface area (Å²) in [6, 6.07) is 7.00. The molecule has 1 aromatic heterocycles. The van der Waals surface area contributed by atoms with Gasteiger partial charge in [-0.25, -0.2) is 4.79 Å². The number of carbonyl (C=O) groups is 4. The van der Waals surface area contributed by atoms with Crippen molar-refractivity contribution < 1.29 is 33.1 Å². The van der Waals surface area contributed by atoms with Crippen LogP contribution in [0, 0.1) is 0 Å². The van der Waals surface area contributed by atoms with Crippen LogP contribution in [0.25, 0.3) is 11.0 Å². The highest BCUT2D eigenvalue weighted by molar-refractivity contribution is 5.97. The van der Waals surface area contributed by atoms with Gasteiger partial charge in [0.1, 0.15) is 17.7 Å². The number of ketones is 1. The first kappa shape index (κ1) is 24.4. The zero-order chi connectivity index (χ0) is 24.0. The minimum atomic E-state index is -0.767. The molecule has 0 bridgehead atoms. The molecule has 2 aromatic rings. The van der Waals surface area contributed by atoms with Crippen molar-refractivity contribution in [3.05, 3.63) is 36.1 Å². The molecule has 0 radical (unpaired) electrons. The quantitative estimate of drug-likeness (QED) is 0.427. The molecular weight excluding hydrogens is 428 g/mol. The van der Waals surface area contributed by atoms with Crippen molar-refractivity contribution in [2.75, 3.05) is 20.8 Å². The Morgan fingerprint density at radius 2 is 1.94 bits per heavy atom. The van der Waals surface area contributed by atoms with Gasteiger partial charge in [0.05, 0.1) is 20.3 Å². The van der Waals surface area contributed by atoms with Crippen molar-refractivity contribution in [2.45, 2.75) is 57.2 Å². The van der Waals surface area contributed by atoms with Crippen LogP contribution in [0.1, 0.15) is 49.6 Å². The summed E-state index contributed by atoms with van der Waals surface area (Å²) >= 11 is 0. The smallest absolute Gasteiger partial charge is 0.328 e. The minimum absolute atomic E-state index is 0.156. The summed E-state index contributed by atoms with van der Waals surface area (Å²) in [6.07, 6.45) is 2.15. The fourth-order valence-electron chi connectivity index (χ4n) is 4.15. The fourth-order valence-corrected chi connectivity index (χ4v) is 4.15. The molecule has 1 saturated heterocycles. The second kappa shape index (κ2) is 11.1. The van der Waals surface area contributed by atoms with Gasteiger partial charge in [-0.05, 0) is 44.7 Å². The van der Waals surface area contributed by atoms with Crippen LogP contribution < -0.4 is 5.32 Å². The molecule has 2 heterocycles. The van der Waals surface area contributed by atoms with Crippen molar-refractivity contribution in [1.29, 1.82) is 0 Å². The predicted molar refractivity (Wildman–Crippen MR) is 120 cm³/mol. The predicted octanol–water partition coefficient (Wildman–Crippen LogP) is 2.47. The normalized spacial score (nSPS) is 17.5. The van der Waals surface area contributed by atoms with Crippen LogP contribution in [-0.2, 0) is 23.9 Å². The summed E-state index contributed by atoms with van der Waals surface area (Å²) in [5, 5.41) is 3.86. The lowest BCUT2D eigenvalue weighted by Gasteiger charge is -2.28. The number of rotatable bonds is 10. The van der Waals surface area contributed by atoms with Crippen molar-refractivity contribution in [3.8, 4) is 0 Å². The Morgan fingerprint density at radius 3 is 2.64 bits per heavy atom. The molecule has 3 atom stereocenters. The van der Waals surface area contributed by atoms with E-state index in [9.17, 15) is 19.2 Å². The number of nitrogens with one attached hydrogen (secondary N) is 1. The molecular formula is C24H30N2O7. The number of likely N-dealkylation sites (tertiary alicyclic amines) is 1. The van der Waals surface area contributed by atoms with Gasteiger partial charge in [-0.2, -0.15) is 0 Å². The van der Waals surface area contributed by atoms with E-state index in [1.165, 1.54) is 19.1 Å². The van der Waals surface area contributed by atoms with E-state index in [0.717, 1.165) is 5.39 Å². The number of hydrogen-bond acceptors (Lipinski definition) is 8. The number of methoxy groups -OCH3 is 2. The summed E-state index contributed by atoms with van der Waals surface area (Å²) in [7, 11) is 2.57. The van der Waals surface area contributed by atoms with E-state index in [1.54, 1.807) is 19.1 Å². The van der Waals surface area contributed by atoms with Crippen LogP contribution in [0.3, 0.4) is 0 Å². The van der Waals surface area contributed by atoms with Crippen molar-refractivity contribution in [1.82, 2.24) is 10.2 Å². The molecule has 0 aliphatic carbocycles. The SMILES string of the molecule is COC(=O)C(CCCC(=O)c1cc2ccccc2o1)N[C@@H](C)C(=O)N1CCC[C@H]1C(=O)OC. The summed E-state index contributed by atoms with van der Waals surface area (Å²) in [5.41, 5.74) is 0.648. The third-order valence-corrected chi connectivity index (χ3v) is 5.91. The molecule has 178 valence electrons. The van der Waals surface area contributed by atoms with Crippen LogP contribution in [0.5, 0.6) is 0 Å². The Kier molecular flexibility index (Phi) is 8.21. The van der Waals surface area contributed by atoms with Crippen LogP contribution in [-0.4, -0.2) is 67.4 Å². The van der Waals surface area contributed by atoms with Crippen LogP contribution in [0.4, 0.5) is 0 Å². The van der Waals surface area contributed by atoms with E-state index < -0.39 is 30.1 Å². The van der Waals surface area contributed by atoms with E-state index >= 15 is 0 Å². The molecule has 1 unspecified atom stereocenters. The maximum atomic E-state index is 12.9. The summed E-state index contributed by atoms with van der Waals surface area (Å²) in [6.45, 7) is 2.10. The molecule has 1 fully saturated rings. The monoisotopic (exact) mass is 458 g/mol. The van der Waals surface area contributed by atoms with Gasteiger partial charge >= 0.3 is 11.9 Å². The third-order valence-electron chi connectivity index (χ3n) is 5.91. The average Bonchev–Trinajstić information content (AvgIpc) is 3.49. The lowest BCUT2D eigenvalue weighted by atomic mass is 10.1. The number of hydrogen-bond donors (Lipinski definition) is 1. The Balaban J connectivity index is 1.56. The summed E-state index contributed by atoms with van der Waals surface area (Å²) < 4.78 is 15.3. The van der Waals surface area contributed by atoms with E-state index in [0.29, 0.717) is 37.8 Å². The first-order chi connectivity index (χ1) is 15.8. The summed E-state index contributed by atoms with van der Waals surface area (Å²) in [4.78, 5) is 51.2. The molecule has 9 heteroatoms. The zero-order valence-corrected chi connectivity index (χ0v) is 19.2. The molecule has 1 aliphatic heterocycles. The van der Waals surface area contributed by atoms with Crippen LogP contribution in [0.2, 0.25) is 0 Å². The van der Waals surface area contributed by atoms with Gasteiger partial charge in [0.2, 0.25) is 5.91 Å². The number of amides is 1. The Morgan fingerprint density at radius 1 is 1.18 bits per heavy atom.